The molecular formula is C10H11NO4. The minimum atomic E-state index is -0.874. The lowest BCUT2D eigenvalue weighted by Crippen LogP contribution is -2.02. The van der Waals surface area contributed by atoms with Crippen molar-refractivity contribution in [1.29, 1.82) is 0 Å². The summed E-state index contributed by atoms with van der Waals surface area (Å²) in [6, 6.07) is 5.94. The smallest absolute Gasteiger partial charge is 0.303 e. The second-order valence-corrected chi connectivity index (χ2v) is 3.35. The Labute approximate surface area is 86.5 Å². The van der Waals surface area contributed by atoms with Crippen LogP contribution >= 0.6 is 0 Å². The number of nitro groups is 1. The summed E-state index contributed by atoms with van der Waals surface area (Å²) in [5.74, 6) is -1.01. The fourth-order valence-electron chi connectivity index (χ4n) is 1.30. The molecule has 0 aliphatic carbocycles. The number of benzene rings is 1. The number of carboxylic acid groups (broad SMARTS) is 1. The number of aliphatic carboxylic acids is 1. The van der Waals surface area contributed by atoms with Crippen LogP contribution < -0.4 is 0 Å². The van der Waals surface area contributed by atoms with Crippen LogP contribution in [0.2, 0.25) is 0 Å². The van der Waals surface area contributed by atoms with Crippen LogP contribution in [0.5, 0.6) is 0 Å². The molecule has 1 rings (SSSR count). The number of nitro benzene ring substituents is 1. The van der Waals surface area contributed by atoms with Gasteiger partial charge in [0.1, 0.15) is 0 Å². The first kappa shape index (κ1) is 11.2. The van der Waals surface area contributed by atoms with Crippen molar-refractivity contribution >= 4 is 11.7 Å². The molecular weight excluding hydrogens is 198 g/mol. The van der Waals surface area contributed by atoms with Crippen molar-refractivity contribution in [3.63, 3.8) is 0 Å². The Kier molecular flexibility index (Phi) is 3.38. The average Bonchev–Trinajstić information content (AvgIpc) is 2.17. The number of hydrogen-bond donors (Lipinski definition) is 1. The van der Waals surface area contributed by atoms with Crippen LogP contribution in [0.1, 0.15) is 24.8 Å². The molecule has 0 amide bonds. The summed E-state index contributed by atoms with van der Waals surface area (Å²) in [5.41, 5.74) is 0.810. The third kappa shape index (κ3) is 3.05. The average molecular weight is 209 g/mol. The first-order chi connectivity index (χ1) is 7.00. The Morgan fingerprint density at radius 3 is 2.40 bits per heavy atom. The number of rotatable bonds is 4. The lowest BCUT2D eigenvalue weighted by Gasteiger charge is -2.07. The van der Waals surface area contributed by atoms with E-state index in [0.29, 0.717) is 0 Å². The van der Waals surface area contributed by atoms with E-state index in [-0.39, 0.29) is 18.0 Å². The number of non-ortho nitro benzene ring substituents is 1. The van der Waals surface area contributed by atoms with E-state index in [2.05, 4.69) is 0 Å². The summed E-state index contributed by atoms with van der Waals surface area (Å²) in [6.45, 7) is 1.77. The zero-order valence-corrected chi connectivity index (χ0v) is 8.21. The summed E-state index contributed by atoms with van der Waals surface area (Å²) < 4.78 is 0. The molecule has 1 aromatic carbocycles. The van der Waals surface area contributed by atoms with Gasteiger partial charge in [0.15, 0.2) is 0 Å². The van der Waals surface area contributed by atoms with Gasteiger partial charge in [-0.1, -0.05) is 19.1 Å². The lowest BCUT2D eigenvalue weighted by molar-refractivity contribution is -0.384. The van der Waals surface area contributed by atoms with Gasteiger partial charge < -0.3 is 5.11 Å². The molecule has 1 aromatic rings. The van der Waals surface area contributed by atoms with E-state index < -0.39 is 10.9 Å². The predicted octanol–water partition coefficient (Wildman–Crippen LogP) is 2.17. The highest BCUT2D eigenvalue weighted by atomic mass is 16.6. The first-order valence-electron chi connectivity index (χ1n) is 4.47. The van der Waals surface area contributed by atoms with Gasteiger partial charge in [-0.3, -0.25) is 14.9 Å². The molecule has 80 valence electrons. The topological polar surface area (TPSA) is 80.4 Å². The van der Waals surface area contributed by atoms with Crippen LogP contribution in [0.15, 0.2) is 24.3 Å². The fourth-order valence-corrected chi connectivity index (χ4v) is 1.30. The molecule has 0 saturated heterocycles. The van der Waals surface area contributed by atoms with E-state index in [4.69, 9.17) is 5.11 Å². The Morgan fingerprint density at radius 1 is 1.47 bits per heavy atom. The molecule has 0 bridgehead atoms. The lowest BCUT2D eigenvalue weighted by atomic mass is 9.98. The Bertz CT molecular complexity index is 372. The van der Waals surface area contributed by atoms with E-state index in [1.165, 1.54) is 12.1 Å². The fraction of sp³-hybridized carbons (Fsp3) is 0.300. The quantitative estimate of drug-likeness (QED) is 0.608. The molecule has 0 spiro atoms. The summed E-state index contributed by atoms with van der Waals surface area (Å²) in [7, 11) is 0. The van der Waals surface area contributed by atoms with Crippen LogP contribution in [-0.4, -0.2) is 16.0 Å². The molecule has 0 aromatic heterocycles. The third-order valence-electron chi connectivity index (χ3n) is 2.15. The van der Waals surface area contributed by atoms with E-state index in [0.717, 1.165) is 5.56 Å². The van der Waals surface area contributed by atoms with Gasteiger partial charge >= 0.3 is 5.97 Å². The van der Waals surface area contributed by atoms with E-state index in [1.54, 1.807) is 19.1 Å². The zero-order chi connectivity index (χ0) is 11.4. The maximum Gasteiger partial charge on any atom is 0.303 e. The monoisotopic (exact) mass is 209 g/mol. The van der Waals surface area contributed by atoms with Crippen molar-refractivity contribution in [2.75, 3.05) is 0 Å². The highest BCUT2D eigenvalue weighted by Gasteiger charge is 2.11. The van der Waals surface area contributed by atoms with Crippen LogP contribution in [0.25, 0.3) is 0 Å². The Hall–Kier alpha value is -1.91. The molecule has 0 heterocycles. The van der Waals surface area contributed by atoms with Crippen LogP contribution in [0.4, 0.5) is 5.69 Å². The minimum Gasteiger partial charge on any atom is -0.481 e. The van der Waals surface area contributed by atoms with Gasteiger partial charge in [-0.2, -0.15) is 0 Å². The molecule has 0 aliphatic heterocycles. The Morgan fingerprint density at radius 2 is 2.00 bits per heavy atom. The number of hydrogen-bond acceptors (Lipinski definition) is 3. The molecule has 1 atom stereocenters. The van der Waals surface area contributed by atoms with Crippen molar-refractivity contribution in [3.05, 3.63) is 39.9 Å². The van der Waals surface area contributed by atoms with Gasteiger partial charge in [0.05, 0.1) is 11.3 Å². The van der Waals surface area contributed by atoms with Crippen LogP contribution in [0.3, 0.4) is 0 Å². The largest absolute Gasteiger partial charge is 0.481 e. The third-order valence-corrected chi connectivity index (χ3v) is 2.15. The van der Waals surface area contributed by atoms with Crippen LogP contribution in [0, 0.1) is 10.1 Å². The van der Waals surface area contributed by atoms with Crippen molar-refractivity contribution in [2.24, 2.45) is 0 Å². The first-order valence-corrected chi connectivity index (χ1v) is 4.47. The highest BCUT2D eigenvalue weighted by Crippen LogP contribution is 2.21. The summed E-state index contributed by atoms with van der Waals surface area (Å²) >= 11 is 0. The molecule has 0 saturated carbocycles. The number of carbonyl (C=O) groups is 1. The molecule has 5 heteroatoms. The molecule has 5 nitrogen and oxygen atoms in total. The van der Waals surface area contributed by atoms with Gasteiger partial charge in [-0.05, 0) is 11.5 Å². The highest BCUT2D eigenvalue weighted by molar-refractivity contribution is 5.68. The van der Waals surface area contributed by atoms with Gasteiger partial charge in [0.2, 0.25) is 0 Å². The Balaban J connectivity index is 2.79. The van der Waals surface area contributed by atoms with Crippen molar-refractivity contribution in [2.45, 2.75) is 19.3 Å². The normalized spacial score (nSPS) is 12.1. The summed E-state index contributed by atoms with van der Waals surface area (Å²) in [5, 5.41) is 19.0. The van der Waals surface area contributed by atoms with Gasteiger partial charge in [-0.25, -0.2) is 0 Å². The van der Waals surface area contributed by atoms with E-state index >= 15 is 0 Å². The number of nitrogens with zero attached hydrogens (tertiary/aromatic N) is 1. The molecule has 0 radical (unpaired) electrons. The zero-order valence-electron chi connectivity index (χ0n) is 8.21. The van der Waals surface area contributed by atoms with Gasteiger partial charge in [-0.15, -0.1) is 0 Å². The van der Waals surface area contributed by atoms with Gasteiger partial charge in [0.25, 0.3) is 5.69 Å². The van der Waals surface area contributed by atoms with E-state index in [1.807, 2.05) is 0 Å². The molecule has 0 unspecified atom stereocenters. The maximum atomic E-state index is 10.4. The standard InChI is InChI=1S/C10H11NO4/c1-7(6-10(12)13)8-2-4-9(5-3-8)11(14)15/h2-5,7H,6H2,1H3,(H,12,13)/t7-/m0/s1. The molecule has 1 N–H and O–H groups in total. The molecule has 0 fully saturated rings. The minimum absolute atomic E-state index is 0.0151. The summed E-state index contributed by atoms with van der Waals surface area (Å²) in [4.78, 5) is 20.3. The van der Waals surface area contributed by atoms with E-state index in [9.17, 15) is 14.9 Å². The van der Waals surface area contributed by atoms with Crippen LogP contribution in [-0.2, 0) is 4.79 Å². The maximum absolute atomic E-state index is 10.4. The van der Waals surface area contributed by atoms with Gasteiger partial charge in [0, 0.05) is 12.1 Å². The SMILES string of the molecule is C[C@@H](CC(=O)O)c1ccc([N+](=O)[O-])cc1. The predicted molar refractivity (Wildman–Crippen MR) is 53.8 cm³/mol. The molecule has 15 heavy (non-hydrogen) atoms. The summed E-state index contributed by atoms with van der Waals surface area (Å²) in [6.07, 6.45) is 0.0256. The molecule has 0 aliphatic rings. The van der Waals surface area contributed by atoms with Crippen molar-refractivity contribution < 1.29 is 14.8 Å². The van der Waals surface area contributed by atoms with Crippen molar-refractivity contribution in [1.82, 2.24) is 0 Å². The number of carboxylic acids is 1. The second-order valence-electron chi connectivity index (χ2n) is 3.35. The van der Waals surface area contributed by atoms with Crippen molar-refractivity contribution in [3.8, 4) is 0 Å². The second kappa shape index (κ2) is 4.54.